The van der Waals surface area contributed by atoms with Gasteiger partial charge in [-0.25, -0.2) is 0 Å². The zero-order chi connectivity index (χ0) is 9.26. The van der Waals surface area contributed by atoms with Gasteiger partial charge in [0.05, 0.1) is 13.7 Å². The van der Waals surface area contributed by atoms with Gasteiger partial charge in [-0.2, -0.15) is 0 Å². The maximum absolute atomic E-state index is 9.14. The molecule has 70 valence electrons. The number of hydrogen-bond acceptors (Lipinski definition) is 3. The second kappa shape index (κ2) is 3.26. The molecule has 1 aromatic carbocycles. The van der Waals surface area contributed by atoms with Crippen molar-refractivity contribution in [2.45, 2.75) is 5.92 Å². The predicted molar refractivity (Wildman–Crippen MR) is 51.3 cm³/mol. The molecule has 2 rings (SSSR count). The van der Waals surface area contributed by atoms with E-state index in [0.29, 0.717) is 0 Å². The summed E-state index contributed by atoms with van der Waals surface area (Å²) in [5.74, 6) is 1.03. The number of hydrogen-bond donors (Lipinski definition) is 2. The van der Waals surface area contributed by atoms with Crippen LogP contribution >= 0.6 is 0 Å². The van der Waals surface area contributed by atoms with Crippen molar-refractivity contribution in [3.05, 3.63) is 23.8 Å². The van der Waals surface area contributed by atoms with E-state index < -0.39 is 0 Å². The number of fused-ring (bicyclic) bond motifs is 1. The number of ether oxygens (including phenoxy) is 1. The van der Waals surface area contributed by atoms with Crippen LogP contribution in [0.4, 0.5) is 5.69 Å². The number of aliphatic hydroxyl groups is 1. The molecular formula is C10H13NO2. The molecule has 1 atom stereocenters. The summed E-state index contributed by atoms with van der Waals surface area (Å²) in [4.78, 5) is 0. The smallest absolute Gasteiger partial charge is 0.124 e. The van der Waals surface area contributed by atoms with E-state index in [9.17, 15) is 0 Å². The van der Waals surface area contributed by atoms with Gasteiger partial charge in [0.2, 0.25) is 0 Å². The fourth-order valence-electron chi connectivity index (χ4n) is 1.79. The Hall–Kier alpha value is -1.22. The third kappa shape index (κ3) is 1.25. The quantitative estimate of drug-likeness (QED) is 0.716. The molecular weight excluding hydrogens is 166 g/mol. The number of nitrogens with one attached hydrogen (secondary N) is 1. The Labute approximate surface area is 77.3 Å². The van der Waals surface area contributed by atoms with E-state index in [1.807, 2.05) is 18.2 Å². The van der Waals surface area contributed by atoms with Crippen molar-refractivity contribution in [3.63, 3.8) is 0 Å². The van der Waals surface area contributed by atoms with Crippen molar-refractivity contribution < 1.29 is 9.84 Å². The van der Waals surface area contributed by atoms with Gasteiger partial charge in [-0.1, -0.05) is 6.07 Å². The fourth-order valence-corrected chi connectivity index (χ4v) is 1.79. The van der Waals surface area contributed by atoms with Gasteiger partial charge >= 0.3 is 0 Å². The summed E-state index contributed by atoms with van der Waals surface area (Å²) < 4.78 is 5.24. The van der Waals surface area contributed by atoms with Crippen LogP contribution in [0.3, 0.4) is 0 Å². The van der Waals surface area contributed by atoms with E-state index in [-0.39, 0.29) is 12.5 Å². The van der Waals surface area contributed by atoms with Crippen LogP contribution in [-0.2, 0) is 0 Å². The Morgan fingerprint density at radius 3 is 3.15 bits per heavy atom. The number of benzene rings is 1. The van der Waals surface area contributed by atoms with Crippen LogP contribution in [0.5, 0.6) is 5.75 Å². The Morgan fingerprint density at radius 1 is 1.62 bits per heavy atom. The van der Waals surface area contributed by atoms with Crippen molar-refractivity contribution in [1.29, 1.82) is 0 Å². The van der Waals surface area contributed by atoms with Crippen LogP contribution in [-0.4, -0.2) is 25.4 Å². The van der Waals surface area contributed by atoms with E-state index in [1.165, 1.54) is 0 Å². The van der Waals surface area contributed by atoms with Crippen LogP contribution in [0, 0.1) is 0 Å². The highest BCUT2D eigenvalue weighted by atomic mass is 16.5. The molecule has 0 saturated heterocycles. The van der Waals surface area contributed by atoms with Crippen molar-refractivity contribution in [2.24, 2.45) is 0 Å². The highest BCUT2D eigenvalue weighted by Gasteiger charge is 2.24. The minimum Gasteiger partial charge on any atom is -0.496 e. The number of anilines is 1. The Morgan fingerprint density at radius 2 is 2.46 bits per heavy atom. The zero-order valence-corrected chi connectivity index (χ0v) is 7.58. The van der Waals surface area contributed by atoms with E-state index >= 15 is 0 Å². The maximum Gasteiger partial charge on any atom is 0.124 e. The number of rotatable bonds is 2. The summed E-state index contributed by atoms with van der Waals surface area (Å²) in [6.45, 7) is 0.965. The molecule has 1 heterocycles. The van der Waals surface area contributed by atoms with Gasteiger partial charge < -0.3 is 15.2 Å². The molecule has 0 radical (unpaired) electrons. The van der Waals surface area contributed by atoms with Crippen molar-refractivity contribution in [1.82, 2.24) is 0 Å². The van der Waals surface area contributed by atoms with Gasteiger partial charge in [-0.3, -0.25) is 0 Å². The molecule has 3 nitrogen and oxygen atoms in total. The number of methoxy groups -OCH3 is 1. The molecule has 0 fully saturated rings. The summed E-state index contributed by atoms with van der Waals surface area (Å²) in [5, 5.41) is 12.4. The van der Waals surface area contributed by atoms with Crippen LogP contribution < -0.4 is 10.1 Å². The lowest BCUT2D eigenvalue weighted by atomic mass is 10.0. The van der Waals surface area contributed by atoms with Crippen LogP contribution in [0.1, 0.15) is 11.5 Å². The Bertz CT molecular complexity index is 312. The molecule has 13 heavy (non-hydrogen) atoms. The normalized spacial score (nSPS) is 19.4. The third-order valence-corrected chi connectivity index (χ3v) is 2.45. The molecule has 0 aliphatic carbocycles. The molecule has 0 bridgehead atoms. The molecule has 0 spiro atoms. The van der Waals surface area contributed by atoms with Gasteiger partial charge in [0, 0.05) is 23.7 Å². The average Bonchev–Trinajstić information content (AvgIpc) is 2.60. The van der Waals surface area contributed by atoms with E-state index in [0.717, 1.165) is 23.5 Å². The molecule has 1 aromatic rings. The van der Waals surface area contributed by atoms with Crippen molar-refractivity contribution in [2.75, 3.05) is 25.6 Å². The predicted octanol–water partition coefficient (Wildman–Crippen LogP) is 1.20. The number of aliphatic hydroxyl groups excluding tert-OH is 1. The molecule has 0 aromatic heterocycles. The van der Waals surface area contributed by atoms with Crippen LogP contribution in [0.2, 0.25) is 0 Å². The second-order valence-corrected chi connectivity index (χ2v) is 3.18. The van der Waals surface area contributed by atoms with E-state index in [2.05, 4.69) is 5.32 Å². The van der Waals surface area contributed by atoms with Crippen molar-refractivity contribution >= 4 is 5.69 Å². The van der Waals surface area contributed by atoms with Gasteiger partial charge in [0.25, 0.3) is 0 Å². The maximum atomic E-state index is 9.14. The first kappa shape index (κ1) is 8.38. The second-order valence-electron chi connectivity index (χ2n) is 3.18. The molecule has 1 unspecified atom stereocenters. The zero-order valence-electron chi connectivity index (χ0n) is 7.58. The summed E-state index contributed by atoms with van der Waals surface area (Å²) in [6, 6.07) is 5.88. The monoisotopic (exact) mass is 179 g/mol. The average molecular weight is 179 g/mol. The first-order valence-electron chi connectivity index (χ1n) is 4.38. The highest BCUT2D eigenvalue weighted by Crippen LogP contribution is 2.37. The van der Waals surface area contributed by atoms with Crippen molar-refractivity contribution in [3.8, 4) is 5.75 Å². The molecule has 1 aliphatic rings. The molecule has 0 saturated carbocycles. The third-order valence-electron chi connectivity index (χ3n) is 2.45. The lowest BCUT2D eigenvalue weighted by molar-refractivity contribution is 0.270. The van der Waals surface area contributed by atoms with Gasteiger partial charge in [0.15, 0.2) is 0 Å². The molecule has 3 heteroatoms. The summed E-state index contributed by atoms with van der Waals surface area (Å²) in [7, 11) is 1.66. The SMILES string of the molecule is COc1cccc2c1C(CO)CN2. The van der Waals surface area contributed by atoms with Crippen LogP contribution in [0.25, 0.3) is 0 Å². The minimum atomic E-state index is 0.167. The lowest BCUT2D eigenvalue weighted by Crippen LogP contribution is -2.06. The highest BCUT2D eigenvalue weighted by molar-refractivity contribution is 5.63. The fraction of sp³-hybridized carbons (Fsp3) is 0.400. The molecule has 1 aliphatic heterocycles. The topological polar surface area (TPSA) is 41.5 Å². The summed E-state index contributed by atoms with van der Waals surface area (Å²) in [5.41, 5.74) is 2.19. The Kier molecular flexibility index (Phi) is 2.10. The largest absolute Gasteiger partial charge is 0.496 e. The summed E-state index contributed by atoms with van der Waals surface area (Å²) in [6.07, 6.45) is 0. The van der Waals surface area contributed by atoms with E-state index in [1.54, 1.807) is 7.11 Å². The van der Waals surface area contributed by atoms with E-state index in [4.69, 9.17) is 9.84 Å². The van der Waals surface area contributed by atoms with Gasteiger partial charge in [-0.15, -0.1) is 0 Å². The van der Waals surface area contributed by atoms with Gasteiger partial charge in [0.1, 0.15) is 5.75 Å². The standard InChI is InChI=1S/C10H13NO2/c1-13-9-4-2-3-8-10(9)7(6-12)5-11-8/h2-4,7,11-12H,5-6H2,1H3. The minimum absolute atomic E-state index is 0.167. The first-order chi connectivity index (χ1) is 6.36. The van der Waals surface area contributed by atoms with Crippen LogP contribution in [0.15, 0.2) is 18.2 Å². The summed E-state index contributed by atoms with van der Waals surface area (Å²) >= 11 is 0. The first-order valence-corrected chi connectivity index (χ1v) is 4.38. The Balaban J connectivity index is 2.46. The van der Waals surface area contributed by atoms with Gasteiger partial charge in [-0.05, 0) is 12.1 Å². The molecule has 2 N–H and O–H groups in total. The molecule has 0 amide bonds. The lowest BCUT2D eigenvalue weighted by Gasteiger charge is -2.10.